The van der Waals surface area contributed by atoms with Gasteiger partial charge in [0.1, 0.15) is 0 Å². The molecule has 0 fully saturated rings. The third-order valence-corrected chi connectivity index (χ3v) is 5.62. The van der Waals surface area contributed by atoms with Crippen molar-refractivity contribution in [3.8, 4) is 11.1 Å². The SMILES string of the molecule is Cc1nn2cc1C1=NCc3ncc(cc31)-c1cn(C)nc1CN(C)C(=O)CCC2. The average Bonchev–Trinajstić information content (AvgIpc) is 3.37. The molecule has 0 N–H and O–H groups in total. The molecular formula is C21H23N7O. The standard InChI is InChI=1S/C21H23N7O/c1-13-16-11-28(24-13)6-4-5-20(29)26(2)12-19-17(10-27(3)25-19)14-7-15-18(22-8-14)9-23-21(15)16/h7-8,10-11H,4-6,9,12H2,1-3H3. The predicted molar refractivity (Wildman–Crippen MR) is 108 cm³/mol. The van der Waals surface area contributed by atoms with Crippen molar-refractivity contribution in [3.05, 3.63) is 52.9 Å². The Morgan fingerprint density at radius 2 is 1.90 bits per heavy atom. The van der Waals surface area contributed by atoms with Crippen LogP contribution in [-0.4, -0.2) is 48.1 Å². The topological polar surface area (TPSA) is 81.2 Å². The predicted octanol–water partition coefficient (Wildman–Crippen LogP) is 2.09. The van der Waals surface area contributed by atoms with Crippen LogP contribution in [0, 0.1) is 6.92 Å². The van der Waals surface area contributed by atoms with Crippen LogP contribution >= 0.6 is 0 Å². The molecule has 5 rings (SSSR count). The highest BCUT2D eigenvalue weighted by atomic mass is 16.2. The Bertz CT molecular complexity index is 1150. The van der Waals surface area contributed by atoms with Crippen molar-refractivity contribution >= 4 is 11.6 Å². The van der Waals surface area contributed by atoms with Crippen molar-refractivity contribution in [2.75, 3.05) is 7.05 Å². The van der Waals surface area contributed by atoms with E-state index in [1.807, 2.05) is 44.3 Å². The molecule has 5 heterocycles. The summed E-state index contributed by atoms with van der Waals surface area (Å²) in [5, 5.41) is 9.25. The van der Waals surface area contributed by atoms with Gasteiger partial charge in [-0.2, -0.15) is 10.2 Å². The van der Waals surface area contributed by atoms with Crippen LogP contribution < -0.4 is 0 Å². The molecule has 8 nitrogen and oxygen atoms in total. The summed E-state index contributed by atoms with van der Waals surface area (Å²) in [4.78, 5) is 23.8. The van der Waals surface area contributed by atoms with E-state index in [-0.39, 0.29) is 5.91 Å². The highest BCUT2D eigenvalue weighted by Gasteiger charge is 2.24. The third kappa shape index (κ3) is 3.04. The van der Waals surface area contributed by atoms with Gasteiger partial charge in [-0.1, -0.05) is 0 Å². The molecule has 0 spiro atoms. The second-order valence-corrected chi connectivity index (χ2v) is 7.79. The number of aromatic nitrogens is 5. The molecule has 0 saturated carbocycles. The van der Waals surface area contributed by atoms with Crippen molar-refractivity contribution in [2.24, 2.45) is 12.0 Å². The largest absolute Gasteiger partial charge is 0.340 e. The van der Waals surface area contributed by atoms with E-state index in [0.717, 1.165) is 51.5 Å². The lowest BCUT2D eigenvalue weighted by molar-refractivity contribution is -0.130. The fourth-order valence-electron chi connectivity index (χ4n) is 4.09. The number of aryl methyl sites for hydroxylation is 3. The summed E-state index contributed by atoms with van der Waals surface area (Å²) in [5.74, 6) is 0.109. The van der Waals surface area contributed by atoms with E-state index in [9.17, 15) is 4.79 Å². The Labute approximate surface area is 168 Å². The van der Waals surface area contributed by atoms with E-state index in [1.165, 1.54) is 0 Å². The summed E-state index contributed by atoms with van der Waals surface area (Å²) in [6.07, 6.45) is 7.14. The summed E-state index contributed by atoms with van der Waals surface area (Å²) in [7, 11) is 3.74. The maximum atomic E-state index is 12.6. The summed E-state index contributed by atoms with van der Waals surface area (Å²) in [6, 6.07) is 2.15. The molecule has 3 aromatic rings. The number of rotatable bonds is 0. The first-order chi connectivity index (χ1) is 14.0. The van der Waals surface area contributed by atoms with Crippen LogP contribution in [0.2, 0.25) is 0 Å². The average molecular weight is 389 g/mol. The molecule has 0 aromatic carbocycles. The molecule has 0 aliphatic carbocycles. The van der Waals surface area contributed by atoms with Gasteiger partial charge >= 0.3 is 0 Å². The molecule has 0 radical (unpaired) electrons. The first kappa shape index (κ1) is 17.8. The summed E-state index contributed by atoms with van der Waals surface area (Å²) in [5.41, 5.74) is 7.83. The van der Waals surface area contributed by atoms with E-state index in [2.05, 4.69) is 21.2 Å². The van der Waals surface area contributed by atoms with Gasteiger partial charge in [0.05, 0.1) is 35.9 Å². The second kappa shape index (κ2) is 6.65. The Balaban J connectivity index is 1.67. The number of nitrogens with zero attached hydrogens (tertiary/aromatic N) is 7. The monoisotopic (exact) mass is 389 g/mol. The second-order valence-electron chi connectivity index (χ2n) is 7.79. The minimum Gasteiger partial charge on any atom is -0.340 e. The molecule has 2 aliphatic heterocycles. The summed E-state index contributed by atoms with van der Waals surface area (Å²) < 4.78 is 3.72. The fraction of sp³-hybridized carbons (Fsp3) is 0.381. The highest BCUT2D eigenvalue weighted by molar-refractivity contribution is 6.15. The smallest absolute Gasteiger partial charge is 0.222 e. The number of pyridine rings is 1. The first-order valence-electron chi connectivity index (χ1n) is 9.84. The van der Waals surface area contributed by atoms with Gasteiger partial charge in [0.25, 0.3) is 0 Å². The van der Waals surface area contributed by atoms with E-state index in [0.29, 0.717) is 26.1 Å². The maximum Gasteiger partial charge on any atom is 0.222 e. The quantitative estimate of drug-likeness (QED) is 0.590. The van der Waals surface area contributed by atoms with Gasteiger partial charge in [0.2, 0.25) is 5.91 Å². The molecule has 0 atom stereocenters. The fourth-order valence-corrected chi connectivity index (χ4v) is 4.09. The molecule has 0 unspecified atom stereocenters. The van der Waals surface area contributed by atoms with Crippen molar-refractivity contribution in [2.45, 2.75) is 39.4 Å². The van der Waals surface area contributed by atoms with E-state index in [4.69, 9.17) is 4.99 Å². The minimum absolute atomic E-state index is 0.109. The van der Waals surface area contributed by atoms with Gasteiger partial charge < -0.3 is 4.90 Å². The Morgan fingerprint density at radius 3 is 2.76 bits per heavy atom. The summed E-state index contributed by atoms with van der Waals surface area (Å²) >= 11 is 0. The van der Waals surface area contributed by atoms with E-state index >= 15 is 0 Å². The van der Waals surface area contributed by atoms with Crippen LogP contribution in [0.25, 0.3) is 11.1 Å². The van der Waals surface area contributed by atoms with Gasteiger partial charge in [0, 0.05) is 67.9 Å². The van der Waals surface area contributed by atoms with Crippen LogP contribution in [-0.2, 0) is 31.5 Å². The van der Waals surface area contributed by atoms with Crippen LogP contribution in [0.3, 0.4) is 0 Å². The Kier molecular flexibility index (Phi) is 4.08. The lowest BCUT2D eigenvalue weighted by Crippen LogP contribution is -2.26. The number of hydrogen-bond donors (Lipinski definition) is 0. The molecule has 2 aliphatic rings. The van der Waals surface area contributed by atoms with Crippen molar-refractivity contribution in [1.82, 2.24) is 29.4 Å². The molecule has 8 heteroatoms. The number of carbonyl (C=O) groups is 1. The first-order valence-corrected chi connectivity index (χ1v) is 9.84. The Hall–Kier alpha value is -3.29. The zero-order valence-electron chi connectivity index (χ0n) is 16.9. The highest BCUT2D eigenvalue weighted by Crippen LogP contribution is 2.30. The number of amides is 1. The number of aliphatic imine (C=N–C) groups is 1. The van der Waals surface area contributed by atoms with Crippen molar-refractivity contribution in [3.63, 3.8) is 0 Å². The lowest BCUT2D eigenvalue weighted by atomic mass is 9.99. The van der Waals surface area contributed by atoms with Gasteiger partial charge in [-0.25, -0.2) is 0 Å². The van der Waals surface area contributed by atoms with Crippen molar-refractivity contribution in [1.29, 1.82) is 0 Å². The van der Waals surface area contributed by atoms with Crippen molar-refractivity contribution < 1.29 is 4.79 Å². The lowest BCUT2D eigenvalue weighted by Gasteiger charge is -2.17. The van der Waals surface area contributed by atoms with Gasteiger partial charge in [-0.3, -0.25) is 24.1 Å². The number of carbonyl (C=O) groups excluding carboxylic acids is 1. The van der Waals surface area contributed by atoms with E-state index in [1.54, 1.807) is 9.58 Å². The number of hydrogen-bond acceptors (Lipinski definition) is 5. The third-order valence-electron chi connectivity index (χ3n) is 5.62. The molecule has 1 amide bonds. The van der Waals surface area contributed by atoms with Gasteiger partial charge in [-0.05, 0) is 19.4 Å². The van der Waals surface area contributed by atoms with Crippen LogP contribution in [0.15, 0.2) is 29.6 Å². The van der Waals surface area contributed by atoms with Crippen LogP contribution in [0.4, 0.5) is 0 Å². The van der Waals surface area contributed by atoms with Gasteiger partial charge in [0.15, 0.2) is 0 Å². The van der Waals surface area contributed by atoms with Crippen LogP contribution in [0.5, 0.6) is 0 Å². The Morgan fingerprint density at radius 1 is 1.03 bits per heavy atom. The molecule has 3 aromatic heterocycles. The van der Waals surface area contributed by atoms with Gasteiger partial charge in [-0.15, -0.1) is 0 Å². The zero-order chi connectivity index (χ0) is 20.1. The molecule has 148 valence electrons. The number of fused-ring (bicyclic) bond motifs is 6. The molecule has 0 saturated heterocycles. The normalized spacial score (nSPS) is 16.3. The van der Waals surface area contributed by atoms with Crippen LogP contribution in [0.1, 0.15) is 41.1 Å². The molecular weight excluding hydrogens is 366 g/mol. The maximum absolute atomic E-state index is 12.6. The summed E-state index contributed by atoms with van der Waals surface area (Å²) in [6.45, 7) is 3.77. The zero-order valence-corrected chi connectivity index (χ0v) is 16.9. The van der Waals surface area contributed by atoms with E-state index < -0.39 is 0 Å². The molecule has 29 heavy (non-hydrogen) atoms. The molecule has 4 bridgehead atoms. The minimum atomic E-state index is 0.109.